The molecule has 0 saturated carbocycles. The number of nitrogens with zero attached hydrogens (tertiary/aromatic N) is 1. The van der Waals surface area contributed by atoms with Crippen molar-refractivity contribution in [2.75, 3.05) is 10.2 Å². The van der Waals surface area contributed by atoms with Crippen molar-refractivity contribution in [1.82, 2.24) is 0 Å². The molecule has 1 radical (unpaired) electrons. The van der Waals surface area contributed by atoms with E-state index in [1.807, 2.05) is 30.3 Å². The van der Waals surface area contributed by atoms with Crippen LogP contribution in [0.3, 0.4) is 0 Å². The predicted octanol–water partition coefficient (Wildman–Crippen LogP) is 2.20. The van der Waals surface area contributed by atoms with E-state index in [4.69, 9.17) is 0 Å². The third-order valence-electron chi connectivity index (χ3n) is 3.74. The SMILES string of the molecule is O=C1Cc2c(N3C(=O)Cc4ccccc43)[c]ccc2N1. The van der Waals surface area contributed by atoms with Gasteiger partial charge in [0, 0.05) is 17.3 Å². The highest BCUT2D eigenvalue weighted by Crippen LogP contribution is 2.40. The summed E-state index contributed by atoms with van der Waals surface area (Å²) < 4.78 is 0. The van der Waals surface area contributed by atoms with Crippen LogP contribution in [0, 0.1) is 6.07 Å². The van der Waals surface area contributed by atoms with Crippen LogP contribution in [0.1, 0.15) is 11.1 Å². The van der Waals surface area contributed by atoms with Gasteiger partial charge in [-0.25, -0.2) is 0 Å². The van der Waals surface area contributed by atoms with E-state index in [9.17, 15) is 9.59 Å². The summed E-state index contributed by atoms with van der Waals surface area (Å²) in [6.07, 6.45) is 0.697. The van der Waals surface area contributed by atoms with Gasteiger partial charge in [-0.1, -0.05) is 24.3 Å². The summed E-state index contributed by atoms with van der Waals surface area (Å²) in [4.78, 5) is 25.6. The molecule has 0 aliphatic carbocycles. The highest BCUT2D eigenvalue weighted by Gasteiger charge is 2.32. The van der Waals surface area contributed by atoms with Crippen molar-refractivity contribution in [3.8, 4) is 0 Å². The first-order chi connectivity index (χ1) is 9.74. The highest BCUT2D eigenvalue weighted by molar-refractivity contribution is 6.10. The van der Waals surface area contributed by atoms with Crippen molar-refractivity contribution in [3.63, 3.8) is 0 Å². The van der Waals surface area contributed by atoms with Crippen molar-refractivity contribution in [3.05, 3.63) is 53.6 Å². The van der Waals surface area contributed by atoms with Gasteiger partial charge in [-0.2, -0.15) is 0 Å². The van der Waals surface area contributed by atoms with Gasteiger partial charge in [-0.05, 0) is 17.7 Å². The molecule has 0 atom stereocenters. The lowest BCUT2D eigenvalue weighted by Gasteiger charge is -2.19. The minimum atomic E-state index is -0.0409. The fourth-order valence-electron chi connectivity index (χ4n) is 2.87. The Hall–Kier alpha value is -2.62. The Labute approximate surface area is 116 Å². The molecule has 0 aromatic heterocycles. The van der Waals surface area contributed by atoms with Gasteiger partial charge in [0.1, 0.15) is 0 Å². The number of benzene rings is 2. The second-order valence-electron chi connectivity index (χ2n) is 4.98. The van der Waals surface area contributed by atoms with Gasteiger partial charge in [0.15, 0.2) is 0 Å². The van der Waals surface area contributed by atoms with Crippen molar-refractivity contribution >= 4 is 28.9 Å². The number of para-hydroxylation sites is 1. The standard InChI is InChI=1S/C16H11N2O2/c19-15-9-11-12(17-15)5-3-7-14(11)18-13-6-2-1-4-10(13)8-16(18)20/h1-6H,8-9H2,(H,17,19). The first kappa shape index (κ1) is 11.2. The summed E-state index contributed by atoms with van der Waals surface area (Å²) in [5.41, 5.74) is 4.22. The molecule has 0 fully saturated rings. The molecular formula is C16H11N2O2. The summed E-state index contributed by atoms with van der Waals surface area (Å²) >= 11 is 0. The van der Waals surface area contributed by atoms with E-state index in [-0.39, 0.29) is 11.8 Å². The van der Waals surface area contributed by atoms with Gasteiger partial charge in [-0.15, -0.1) is 0 Å². The molecule has 20 heavy (non-hydrogen) atoms. The van der Waals surface area contributed by atoms with E-state index in [2.05, 4.69) is 11.4 Å². The van der Waals surface area contributed by atoms with E-state index in [1.54, 1.807) is 11.0 Å². The van der Waals surface area contributed by atoms with Crippen molar-refractivity contribution in [2.45, 2.75) is 12.8 Å². The molecule has 0 spiro atoms. The number of rotatable bonds is 1. The van der Waals surface area contributed by atoms with Gasteiger partial charge >= 0.3 is 0 Å². The van der Waals surface area contributed by atoms with Crippen molar-refractivity contribution in [2.24, 2.45) is 0 Å². The fourth-order valence-corrected chi connectivity index (χ4v) is 2.87. The summed E-state index contributed by atoms with van der Waals surface area (Å²) in [6.45, 7) is 0. The molecule has 97 valence electrons. The molecule has 2 heterocycles. The van der Waals surface area contributed by atoms with Crippen LogP contribution in [0.2, 0.25) is 0 Å². The Morgan fingerprint density at radius 2 is 1.95 bits per heavy atom. The van der Waals surface area contributed by atoms with Crippen LogP contribution in [0.25, 0.3) is 0 Å². The molecule has 0 bridgehead atoms. The lowest BCUT2D eigenvalue weighted by atomic mass is 10.1. The highest BCUT2D eigenvalue weighted by atomic mass is 16.2. The number of anilines is 3. The van der Waals surface area contributed by atoms with Crippen LogP contribution in [0.4, 0.5) is 17.1 Å². The first-order valence-electron chi connectivity index (χ1n) is 6.48. The van der Waals surface area contributed by atoms with E-state index < -0.39 is 0 Å². The zero-order chi connectivity index (χ0) is 13.7. The van der Waals surface area contributed by atoms with E-state index >= 15 is 0 Å². The van der Waals surface area contributed by atoms with Crippen LogP contribution in [0.15, 0.2) is 36.4 Å². The third kappa shape index (κ3) is 1.48. The smallest absolute Gasteiger partial charge is 0.236 e. The molecule has 2 amide bonds. The predicted molar refractivity (Wildman–Crippen MR) is 74.9 cm³/mol. The molecule has 2 aliphatic heterocycles. The third-order valence-corrected chi connectivity index (χ3v) is 3.74. The molecule has 0 saturated heterocycles. The summed E-state index contributed by atoms with van der Waals surface area (Å²) in [7, 11) is 0. The van der Waals surface area contributed by atoms with Gasteiger partial charge < -0.3 is 5.32 Å². The average Bonchev–Trinajstić information content (AvgIpc) is 2.96. The number of carbonyl (C=O) groups is 2. The summed E-state index contributed by atoms with van der Waals surface area (Å²) in [5.74, 6) is -0.0176. The Morgan fingerprint density at radius 3 is 2.85 bits per heavy atom. The molecule has 2 aromatic carbocycles. The number of fused-ring (bicyclic) bond motifs is 2. The summed E-state index contributed by atoms with van der Waals surface area (Å²) in [6, 6.07) is 14.4. The van der Waals surface area contributed by atoms with Gasteiger partial charge in [-0.3, -0.25) is 14.5 Å². The molecule has 2 aliphatic rings. The molecule has 4 rings (SSSR count). The Kier molecular flexibility index (Phi) is 2.21. The van der Waals surface area contributed by atoms with Crippen LogP contribution in [-0.4, -0.2) is 11.8 Å². The Morgan fingerprint density at radius 1 is 1.10 bits per heavy atom. The zero-order valence-corrected chi connectivity index (χ0v) is 10.6. The van der Waals surface area contributed by atoms with E-state index in [0.717, 1.165) is 22.5 Å². The lowest BCUT2D eigenvalue weighted by Crippen LogP contribution is -2.22. The minimum absolute atomic E-state index is 0.0233. The summed E-state index contributed by atoms with van der Waals surface area (Å²) in [5, 5.41) is 2.80. The van der Waals surface area contributed by atoms with Crippen LogP contribution < -0.4 is 10.2 Å². The van der Waals surface area contributed by atoms with Crippen molar-refractivity contribution < 1.29 is 9.59 Å². The number of hydrogen-bond donors (Lipinski definition) is 1. The Bertz CT molecular complexity index is 752. The van der Waals surface area contributed by atoms with Crippen LogP contribution >= 0.6 is 0 Å². The lowest BCUT2D eigenvalue weighted by molar-refractivity contribution is -0.117. The number of amides is 2. The molecular weight excluding hydrogens is 252 g/mol. The average molecular weight is 263 g/mol. The maximum Gasteiger partial charge on any atom is 0.236 e. The number of hydrogen-bond acceptors (Lipinski definition) is 2. The molecule has 1 N–H and O–H groups in total. The Balaban J connectivity index is 1.89. The number of carbonyl (C=O) groups excluding carboxylic acids is 2. The molecule has 4 nitrogen and oxygen atoms in total. The van der Waals surface area contributed by atoms with Crippen molar-refractivity contribution in [1.29, 1.82) is 0 Å². The van der Waals surface area contributed by atoms with E-state index in [0.29, 0.717) is 18.5 Å². The van der Waals surface area contributed by atoms with Gasteiger partial charge in [0.2, 0.25) is 11.8 Å². The maximum absolute atomic E-state index is 12.3. The second-order valence-corrected chi connectivity index (χ2v) is 4.98. The topological polar surface area (TPSA) is 49.4 Å². The zero-order valence-electron chi connectivity index (χ0n) is 10.6. The first-order valence-corrected chi connectivity index (χ1v) is 6.48. The maximum atomic E-state index is 12.3. The number of nitrogens with one attached hydrogen (secondary N) is 1. The second kappa shape index (κ2) is 3.93. The monoisotopic (exact) mass is 263 g/mol. The molecule has 4 heteroatoms. The quantitative estimate of drug-likeness (QED) is 0.857. The molecule has 0 unspecified atom stereocenters. The van der Waals surface area contributed by atoms with E-state index in [1.165, 1.54) is 0 Å². The fraction of sp³-hybridized carbons (Fsp3) is 0.125. The van der Waals surface area contributed by atoms with Crippen LogP contribution in [-0.2, 0) is 22.4 Å². The largest absolute Gasteiger partial charge is 0.325 e. The normalized spacial score (nSPS) is 16.1. The minimum Gasteiger partial charge on any atom is -0.325 e. The molecule has 2 aromatic rings. The van der Waals surface area contributed by atoms with Gasteiger partial charge in [0.05, 0.1) is 24.2 Å². The van der Waals surface area contributed by atoms with Gasteiger partial charge in [0.25, 0.3) is 0 Å². The van der Waals surface area contributed by atoms with Crippen LogP contribution in [0.5, 0.6) is 0 Å².